The lowest BCUT2D eigenvalue weighted by atomic mass is 9.92. The zero-order chi connectivity index (χ0) is 22.4. The maximum Gasteiger partial charge on any atom is 0.416 e. The molecule has 3 aromatic rings. The average Bonchev–Trinajstić information content (AvgIpc) is 2.71. The van der Waals surface area contributed by atoms with Gasteiger partial charge in [0.05, 0.1) is 17.0 Å². The molecule has 3 heterocycles. The molecule has 9 heteroatoms. The third kappa shape index (κ3) is 4.45. The monoisotopic (exact) mass is 448 g/mol. The molecule has 0 aliphatic carbocycles. The molecule has 1 aliphatic heterocycles. The van der Waals surface area contributed by atoms with Crippen molar-refractivity contribution in [1.82, 2.24) is 15.0 Å². The average molecular weight is 448 g/mol. The van der Waals surface area contributed by atoms with Crippen LogP contribution in [0.25, 0.3) is 11.0 Å². The molecule has 31 heavy (non-hydrogen) atoms. The minimum atomic E-state index is -4.41. The Hall–Kier alpha value is -2.47. The number of hydrogen-bond acceptors (Lipinski definition) is 5. The number of aryl methyl sites for hydroxylation is 1. The molecule has 0 spiro atoms. The van der Waals surface area contributed by atoms with Crippen molar-refractivity contribution in [3.05, 3.63) is 53.0 Å². The molecule has 5 nitrogen and oxygen atoms in total. The quantitative estimate of drug-likeness (QED) is 0.509. The van der Waals surface area contributed by atoms with E-state index < -0.39 is 24.9 Å². The number of fused-ring (bicyclic) bond motifs is 5. The van der Waals surface area contributed by atoms with E-state index in [1.807, 2.05) is 6.92 Å². The molecular formula is C22H24F3N4OP. The molecule has 0 amide bonds. The summed E-state index contributed by atoms with van der Waals surface area (Å²) in [7, 11) is -2.55. The number of benzene rings is 1. The third-order valence-corrected chi connectivity index (χ3v) is 7.11. The van der Waals surface area contributed by atoms with Gasteiger partial charge in [0.1, 0.15) is 18.8 Å². The van der Waals surface area contributed by atoms with Gasteiger partial charge in [-0.2, -0.15) is 13.2 Å². The molecule has 0 saturated carbocycles. The first-order valence-corrected chi connectivity index (χ1v) is 12.8. The number of nitrogens with one attached hydrogen (secondary N) is 1. The number of aromatic nitrogens is 3. The van der Waals surface area contributed by atoms with Crippen molar-refractivity contribution in [2.24, 2.45) is 0 Å². The normalized spacial score (nSPS) is 17.5. The second kappa shape index (κ2) is 7.90. The maximum absolute atomic E-state index is 13.7. The van der Waals surface area contributed by atoms with Crippen molar-refractivity contribution < 1.29 is 17.7 Å². The van der Waals surface area contributed by atoms with Gasteiger partial charge in [0.2, 0.25) is 0 Å². The summed E-state index contributed by atoms with van der Waals surface area (Å²) < 4.78 is 53.6. The van der Waals surface area contributed by atoms with E-state index in [9.17, 15) is 17.7 Å². The van der Waals surface area contributed by atoms with Gasteiger partial charge in [-0.15, -0.1) is 0 Å². The Labute approximate surface area is 178 Å². The summed E-state index contributed by atoms with van der Waals surface area (Å²) >= 11 is 0. The lowest BCUT2D eigenvalue weighted by molar-refractivity contribution is -0.138. The molecule has 2 aromatic heterocycles. The number of hydrogen-bond donors (Lipinski definition) is 1. The fraction of sp³-hybridized carbons (Fsp3) is 0.409. The van der Waals surface area contributed by atoms with E-state index in [0.717, 1.165) is 6.07 Å². The van der Waals surface area contributed by atoms with Crippen molar-refractivity contribution in [3.8, 4) is 0 Å². The van der Waals surface area contributed by atoms with Gasteiger partial charge in [-0.1, -0.05) is 12.1 Å². The van der Waals surface area contributed by atoms with E-state index >= 15 is 0 Å². The standard InChI is InChI=1S/C22H24F3N4OP/c1-13-15-8-6-9-18(22(23,24)25)16(15)7-4-5-10-19-28-20-17(21(27-13)29-19)11-14(12-26-20)31(2,3)30/h6,8-9,11-13H,4-5,7,10H2,1-3H3,(H,26,27,28,29). The Bertz CT molecular complexity index is 1190. The molecule has 1 unspecified atom stereocenters. The van der Waals surface area contributed by atoms with E-state index in [4.69, 9.17) is 0 Å². The Kier molecular flexibility index (Phi) is 5.54. The van der Waals surface area contributed by atoms with Gasteiger partial charge >= 0.3 is 6.18 Å². The first-order chi connectivity index (χ1) is 14.5. The number of halogens is 3. The predicted octanol–water partition coefficient (Wildman–Crippen LogP) is 5.34. The van der Waals surface area contributed by atoms with Gasteiger partial charge in [-0.3, -0.25) is 0 Å². The maximum atomic E-state index is 13.7. The first kappa shape index (κ1) is 21.8. The first-order valence-electron chi connectivity index (χ1n) is 10.2. The van der Waals surface area contributed by atoms with Crippen molar-refractivity contribution >= 4 is 29.3 Å². The Morgan fingerprint density at radius 2 is 1.87 bits per heavy atom. The summed E-state index contributed by atoms with van der Waals surface area (Å²) in [6.07, 6.45) is -0.670. The third-order valence-electron chi connectivity index (χ3n) is 5.62. The molecule has 1 atom stereocenters. The smallest absolute Gasteiger partial charge is 0.363 e. The molecule has 1 aromatic carbocycles. The SMILES string of the molecule is CC1Nc2nc(nc3ncc(P(C)(C)=O)cc23)CCCCc2c1cccc2C(F)(F)F. The molecule has 164 valence electrons. The van der Waals surface area contributed by atoms with Gasteiger partial charge in [0, 0.05) is 17.9 Å². The van der Waals surface area contributed by atoms with E-state index in [1.165, 1.54) is 6.07 Å². The van der Waals surface area contributed by atoms with Crippen LogP contribution in [0.1, 0.15) is 48.3 Å². The molecule has 0 radical (unpaired) electrons. The van der Waals surface area contributed by atoms with Crippen molar-refractivity contribution in [2.45, 2.75) is 44.8 Å². The highest BCUT2D eigenvalue weighted by atomic mass is 31.2. The van der Waals surface area contributed by atoms with Crippen LogP contribution in [0.4, 0.5) is 19.0 Å². The Morgan fingerprint density at radius 1 is 1.13 bits per heavy atom. The predicted molar refractivity (Wildman–Crippen MR) is 117 cm³/mol. The summed E-state index contributed by atoms with van der Waals surface area (Å²) in [6, 6.07) is 5.69. The number of rotatable bonds is 1. The Balaban J connectivity index is 1.87. The van der Waals surface area contributed by atoms with E-state index in [-0.39, 0.29) is 0 Å². The number of alkyl halides is 3. The molecule has 0 fully saturated rings. The number of anilines is 1. The topological polar surface area (TPSA) is 67.8 Å². The second-order valence-electron chi connectivity index (χ2n) is 8.35. The van der Waals surface area contributed by atoms with Crippen LogP contribution >= 0.6 is 7.14 Å². The highest BCUT2D eigenvalue weighted by Gasteiger charge is 2.34. The van der Waals surface area contributed by atoms with Crippen LogP contribution in [0.15, 0.2) is 30.5 Å². The highest BCUT2D eigenvalue weighted by molar-refractivity contribution is 7.70. The van der Waals surface area contributed by atoms with Gasteiger partial charge in [0.15, 0.2) is 5.65 Å². The van der Waals surface area contributed by atoms with Crippen LogP contribution in [-0.4, -0.2) is 28.3 Å². The fourth-order valence-corrected chi connectivity index (χ4v) is 4.76. The summed E-state index contributed by atoms with van der Waals surface area (Å²) in [4.78, 5) is 13.6. The summed E-state index contributed by atoms with van der Waals surface area (Å²) in [5.41, 5.74) is 0.835. The summed E-state index contributed by atoms with van der Waals surface area (Å²) in [5.74, 6) is 1.10. The molecule has 1 aliphatic rings. The molecule has 0 saturated heterocycles. The lowest BCUT2D eigenvalue weighted by Gasteiger charge is -2.22. The lowest BCUT2D eigenvalue weighted by Crippen LogP contribution is -2.16. The minimum absolute atomic E-state index is 0.327. The van der Waals surface area contributed by atoms with Gasteiger partial charge in [0.25, 0.3) is 0 Å². The summed E-state index contributed by atoms with van der Waals surface area (Å²) in [6.45, 7) is 5.16. The van der Waals surface area contributed by atoms with Crippen molar-refractivity contribution in [3.63, 3.8) is 0 Å². The van der Waals surface area contributed by atoms with Crippen LogP contribution in [0, 0.1) is 0 Å². The molecule has 1 N–H and O–H groups in total. The molecular weight excluding hydrogens is 424 g/mol. The number of pyridine rings is 1. The summed E-state index contributed by atoms with van der Waals surface area (Å²) in [5, 5.41) is 4.51. The van der Waals surface area contributed by atoms with Crippen LogP contribution in [0.3, 0.4) is 0 Å². The second-order valence-corrected chi connectivity index (χ2v) is 11.6. The number of nitrogens with zero attached hydrogens (tertiary/aromatic N) is 3. The van der Waals surface area contributed by atoms with Crippen LogP contribution in [-0.2, 0) is 23.6 Å². The van der Waals surface area contributed by atoms with E-state index in [0.29, 0.717) is 64.8 Å². The largest absolute Gasteiger partial charge is 0.416 e. The minimum Gasteiger partial charge on any atom is -0.363 e. The highest BCUT2D eigenvalue weighted by Crippen LogP contribution is 2.38. The molecule has 4 rings (SSSR count). The zero-order valence-electron chi connectivity index (χ0n) is 17.6. The van der Waals surface area contributed by atoms with Crippen LogP contribution in [0.2, 0.25) is 0 Å². The van der Waals surface area contributed by atoms with Crippen LogP contribution < -0.4 is 10.6 Å². The zero-order valence-corrected chi connectivity index (χ0v) is 18.5. The van der Waals surface area contributed by atoms with Gasteiger partial charge in [-0.25, -0.2) is 15.0 Å². The van der Waals surface area contributed by atoms with E-state index in [1.54, 1.807) is 31.7 Å². The van der Waals surface area contributed by atoms with Crippen molar-refractivity contribution in [2.75, 3.05) is 18.6 Å². The van der Waals surface area contributed by atoms with Crippen LogP contribution in [0.5, 0.6) is 0 Å². The molecule has 2 bridgehead atoms. The van der Waals surface area contributed by atoms with Gasteiger partial charge in [-0.05, 0) is 62.8 Å². The Morgan fingerprint density at radius 3 is 2.58 bits per heavy atom. The van der Waals surface area contributed by atoms with E-state index in [2.05, 4.69) is 20.3 Å². The fourth-order valence-electron chi connectivity index (χ4n) is 3.99. The van der Waals surface area contributed by atoms with Gasteiger partial charge < -0.3 is 9.88 Å². The van der Waals surface area contributed by atoms with Crippen molar-refractivity contribution in [1.29, 1.82) is 0 Å².